The molecule has 0 aliphatic carbocycles. The summed E-state index contributed by atoms with van der Waals surface area (Å²) in [6, 6.07) is 0.495. The van der Waals surface area contributed by atoms with Crippen LogP contribution < -0.4 is 10.7 Å². The first-order valence-corrected chi connectivity index (χ1v) is 6.33. The molecule has 6 nitrogen and oxygen atoms in total. The average molecular weight is 280 g/mol. The Morgan fingerprint density at radius 1 is 1.35 bits per heavy atom. The van der Waals surface area contributed by atoms with Gasteiger partial charge in [-0.15, -0.1) is 0 Å². The number of ether oxygens (including phenoxy) is 1. The van der Waals surface area contributed by atoms with Crippen molar-refractivity contribution in [3.8, 4) is 0 Å². The molecule has 0 aliphatic rings. The Kier molecular flexibility index (Phi) is 4.70. The SMILES string of the molecule is Cc1cc(=O)c(C(=O)N[C@@H](C)C(=O)OC(C)(C)C)c[nH]1. The van der Waals surface area contributed by atoms with Crippen molar-refractivity contribution in [3.63, 3.8) is 0 Å². The molecule has 6 heteroatoms. The largest absolute Gasteiger partial charge is 0.458 e. The number of aryl methyl sites for hydroxylation is 1. The fourth-order valence-electron chi connectivity index (χ4n) is 1.47. The molecule has 20 heavy (non-hydrogen) atoms. The van der Waals surface area contributed by atoms with Gasteiger partial charge in [-0.05, 0) is 34.6 Å². The topological polar surface area (TPSA) is 88.3 Å². The van der Waals surface area contributed by atoms with Gasteiger partial charge in [-0.25, -0.2) is 4.79 Å². The van der Waals surface area contributed by atoms with E-state index in [2.05, 4.69) is 10.3 Å². The maximum absolute atomic E-state index is 11.9. The average Bonchev–Trinajstić information content (AvgIpc) is 2.26. The number of rotatable bonds is 3. The zero-order chi connectivity index (χ0) is 15.5. The van der Waals surface area contributed by atoms with E-state index in [4.69, 9.17) is 4.74 Å². The van der Waals surface area contributed by atoms with Crippen LogP contribution in [0, 0.1) is 6.92 Å². The third-order valence-electron chi connectivity index (χ3n) is 2.41. The van der Waals surface area contributed by atoms with Crippen LogP contribution in [0.3, 0.4) is 0 Å². The standard InChI is InChI=1S/C14H20N2O4/c1-8-6-11(17)10(7-15-8)12(18)16-9(2)13(19)20-14(3,4)5/h6-7,9H,1-5H3,(H,15,17)(H,16,18)/t9-/m0/s1. The summed E-state index contributed by atoms with van der Waals surface area (Å²) in [6.07, 6.45) is 1.33. The van der Waals surface area contributed by atoms with E-state index in [1.165, 1.54) is 19.2 Å². The van der Waals surface area contributed by atoms with Crippen molar-refractivity contribution in [2.75, 3.05) is 0 Å². The van der Waals surface area contributed by atoms with Crippen molar-refractivity contribution in [3.05, 3.63) is 33.7 Å². The molecule has 110 valence electrons. The Labute approximate surface area is 117 Å². The van der Waals surface area contributed by atoms with Crippen LogP contribution in [-0.2, 0) is 9.53 Å². The van der Waals surface area contributed by atoms with E-state index < -0.39 is 28.9 Å². The second-order valence-electron chi connectivity index (χ2n) is 5.62. The number of aromatic amines is 1. The van der Waals surface area contributed by atoms with Crippen LogP contribution in [0.2, 0.25) is 0 Å². The molecule has 1 heterocycles. The summed E-state index contributed by atoms with van der Waals surface area (Å²) < 4.78 is 5.15. The first kappa shape index (κ1) is 15.9. The molecule has 0 bridgehead atoms. The molecule has 1 aromatic rings. The highest BCUT2D eigenvalue weighted by Crippen LogP contribution is 2.08. The van der Waals surface area contributed by atoms with Crippen LogP contribution in [0.5, 0.6) is 0 Å². The lowest BCUT2D eigenvalue weighted by Crippen LogP contribution is -2.43. The monoisotopic (exact) mass is 280 g/mol. The lowest BCUT2D eigenvalue weighted by atomic mass is 10.2. The Hall–Kier alpha value is -2.11. The van der Waals surface area contributed by atoms with Crippen LogP contribution in [0.1, 0.15) is 43.7 Å². The Morgan fingerprint density at radius 2 is 1.95 bits per heavy atom. The molecule has 1 aromatic heterocycles. The van der Waals surface area contributed by atoms with Gasteiger partial charge in [0.05, 0.1) is 0 Å². The van der Waals surface area contributed by atoms with Gasteiger partial charge in [0.25, 0.3) is 5.91 Å². The second-order valence-corrected chi connectivity index (χ2v) is 5.62. The summed E-state index contributed by atoms with van der Waals surface area (Å²) in [7, 11) is 0. The maximum Gasteiger partial charge on any atom is 0.328 e. The van der Waals surface area contributed by atoms with Crippen LogP contribution in [0.25, 0.3) is 0 Å². The summed E-state index contributed by atoms with van der Waals surface area (Å²) >= 11 is 0. The molecule has 1 amide bonds. The molecule has 0 fully saturated rings. The number of carbonyl (C=O) groups is 2. The van der Waals surface area contributed by atoms with Crippen molar-refractivity contribution in [1.82, 2.24) is 10.3 Å². The van der Waals surface area contributed by atoms with Crippen molar-refractivity contribution in [2.45, 2.75) is 46.3 Å². The van der Waals surface area contributed by atoms with Crippen LogP contribution >= 0.6 is 0 Å². The number of amides is 1. The van der Waals surface area contributed by atoms with Crippen LogP contribution in [0.4, 0.5) is 0 Å². The maximum atomic E-state index is 11.9. The zero-order valence-corrected chi connectivity index (χ0v) is 12.4. The Bertz CT molecular complexity index is 569. The number of hydrogen-bond donors (Lipinski definition) is 2. The van der Waals surface area contributed by atoms with E-state index in [0.717, 1.165) is 0 Å². The third kappa shape index (κ3) is 4.53. The van der Waals surface area contributed by atoms with Gasteiger partial charge in [0.2, 0.25) is 0 Å². The lowest BCUT2D eigenvalue weighted by Gasteiger charge is -2.22. The van der Waals surface area contributed by atoms with E-state index in [1.54, 1.807) is 27.7 Å². The minimum absolute atomic E-state index is 0.0361. The van der Waals surface area contributed by atoms with E-state index in [-0.39, 0.29) is 5.56 Å². The highest BCUT2D eigenvalue weighted by Gasteiger charge is 2.24. The number of esters is 1. The van der Waals surface area contributed by atoms with Crippen molar-refractivity contribution in [2.24, 2.45) is 0 Å². The number of aromatic nitrogens is 1. The van der Waals surface area contributed by atoms with Crippen molar-refractivity contribution >= 4 is 11.9 Å². The van der Waals surface area contributed by atoms with Crippen LogP contribution in [0.15, 0.2) is 17.1 Å². The zero-order valence-electron chi connectivity index (χ0n) is 12.4. The number of hydrogen-bond acceptors (Lipinski definition) is 4. The van der Waals surface area contributed by atoms with Gasteiger partial charge in [0.1, 0.15) is 17.2 Å². The fourth-order valence-corrected chi connectivity index (χ4v) is 1.47. The molecule has 1 atom stereocenters. The highest BCUT2D eigenvalue weighted by molar-refractivity contribution is 5.96. The summed E-state index contributed by atoms with van der Waals surface area (Å²) in [5.74, 6) is -1.15. The molecule has 0 saturated carbocycles. The molecule has 0 aliphatic heterocycles. The Morgan fingerprint density at radius 3 is 2.45 bits per heavy atom. The fraction of sp³-hybridized carbons (Fsp3) is 0.500. The van der Waals surface area contributed by atoms with E-state index >= 15 is 0 Å². The number of nitrogens with one attached hydrogen (secondary N) is 2. The molecule has 0 unspecified atom stereocenters. The molecule has 2 N–H and O–H groups in total. The molecule has 0 radical (unpaired) electrons. The number of pyridine rings is 1. The predicted molar refractivity (Wildman–Crippen MR) is 74.6 cm³/mol. The molecule has 0 saturated heterocycles. The van der Waals surface area contributed by atoms with E-state index in [1.807, 2.05) is 0 Å². The summed E-state index contributed by atoms with van der Waals surface area (Å²) in [5, 5.41) is 2.45. The van der Waals surface area contributed by atoms with Crippen molar-refractivity contribution in [1.29, 1.82) is 0 Å². The molecule has 0 spiro atoms. The van der Waals surface area contributed by atoms with Gasteiger partial charge in [-0.1, -0.05) is 0 Å². The van der Waals surface area contributed by atoms with Crippen LogP contribution in [-0.4, -0.2) is 28.5 Å². The molecular weight excluding hydrogens is 260 g/mol. The lowest BCUT2D eigenvalue weighted by molar-refractivity contribution is -0.156. The minimum Gasteiger partial charge on any atom is -0.458 e. The summed E-state index contributed by atoms with van der Waals surface area (Å²) in [5.41, 5.74) is -0.398. The van der Waals surface area contributed by atoms with Gasteiger partial charge in [0, 0.05) is 18.0 Å². The molecule has 0 aromatic carbocycles. The predicted octanol–water partition coefficient (Wildman–Crippen LogP) is 1.14. The summed E-state index contributed by atoms with van der Waals surface area (Å²) in [6.45, 7) is 8.44. The Balaban J connectivity index is 2.75. The number of H-pyrrole nitrogens is 1. The first-order valence-electron chi connectivity index (χ1n) is 6.33. The smallest absolute Gasteiger partial charge is 0.328 e. The second kappa shape index (κ2) is 5.90. The van der Waals surface area contributed by atoms with Gasteiger partial charge >= 0.3 is 5.97 Å². The van der Waals surface area contributed by atoms with Gasteiger partial charge < -0.3 is 15.0 Å². The van der Waals surface area contributed by atoms with Crippen molar-refractivity contribution < 1.29 is 14.3 Å². The normalized spacial score (nSPS) is 12.7. The quantitative estimate of drug-likeness (QED) is 0.813. The molecule has 1 rings (SSSR count). The molecular formula is C14H20N2O4. The van der Waals surface area contributed by atoms with Gasteiger partial charge in [0.15, 0.2) is 5.43 Å². The van der Waals surface area contributed by atoms with Gasteiger partial charge in [-0.3, -0.25) is 9.59 Å². The van der Waals surface area contributed by atoms with E-state index in [9.17, 15) is 14.4 Å². The van der Waals surface area contributed by atoms with E-state index in [0.29, 0.717) is 5.69 Å². The number of carbonyl (C=O) groups excluding carboxylic acids is 2. The third-order valence-corrected chi connectivity index (χ3v) is 2.41. The van der Waals surface area contributed by atoms with Gasteiger partial charge in [-0.2, -0.15) is 0 Å². The first-order chi connectivity index (χ1) is 9.10. The minimum atomic E-state index is -0.831. The highest BCUT2D eigenvalue weighted by atomic mass is 16.6. The summed E-state index contributed by atoms with van der Waals surface area (Å²) in [4.78, 5) is 38.1.